The molecule has 3 atom stereocenters. The van der Waals surface area contributed by atoms with Crippen molar-refractivity contribution in [3.63, 3.8) is 0 Å². The number of hydrogen-bond donors (Lipinski definition) is 1. The van der Waals surface area contributed by atoms with Crippen molar-refractivity contribution in [1.29, 1.82) is 0 Å². The van der Waals surface area contributed by atoms with Gasteiger partial charge in [0.2, 0.25) is 0 Å². The highest BCUT2D eigenvalue weighted by Gasteiger charge is 2.22. The van der Waals surface area contributed by atoms with E-state index in [0.29, 0.717) is 0 Å². The van der Waals surface area contributed by atoms with E-state index in [1.807, 2.05) is 0 Å². The predicted molar refractivity (Wildman–Crippen MR) is 86.8 cm³/mol. The maximum atomic E-state index is 6.39. The van der Waals surface area contributed by atoms with Gasteiger partial charge in [-0.15, -0.1) is 0 Å². The first-order chi connectivity index (χ1) is 9.45. The van der Waals surface area contributed by atoms with Crippen molar-refractivity contribution < 1.29 is 0 Å². The molecule has 2 N–H and O–H groups in total. The lowest BCUT2D eigenvalue weighted by atomic mass is 9.88. The number of benzene rings is 1. The summed E-state index contributed by atoms with van der Waals surface area (Å²) in [5, 5.41) is 0. The standard InChI is InChI=1S/C18H30N2/c1-13-9-14(2)11-17(10-13)18(19)6-8-20-7-5-15(3)16(4)12-20/h9-11,15-16,18H,5-8,12,19H2,1-4H3. The second-order valence-corrected chi connectivity index (χ2v) is 6.86. The summed E-state index contributed by atoms with van der Waals surface area (Å²) in [5.41, 5.74) is 10.3. The third kappa shape index (κ3) is 4.07. The van der Waals surface area contributed by atoms with Gasteiger partial charge in [0.25, 0.3) is 0 Å². The van der Waals surface area contributed by atoms with Crippen molar-refractivity contribution in [3.05, 3.63) is 34.9 Å². The number of nitrogens with two attached hydrogens (primary N) is 1. The van der Waals surface area contributed by atoms with Gasteiger partial charge in [-0.2, -0.15) is 0 Å². The van der Waals surface area contributed by atoms with Crippen LogP contribution in [-0.4, -0.2) is 24.5 Å². The molecule has 1 aromatic carbocycles. The first-order valence-corrected chi connectivity index (χ1v) is 8.02. The summed E-state index contributed by atoms with van der Waals surface area (Å²) in [7, 11) is 0. The molecule has 0 radical (unpaired) electrons. The SMILES string of the molecule is Cc1cc(C)cc(C(N)CCN2CCC(C)C(C)C2)c1. The van der Waals surface area contributed by atoms with E-state index < -0.39 is 0 Å². The highest BCUT2D eigenvalue weighted by atomic mass is 15.1. The molecule has 2 heteroatoms. The Balaban J connectivity index is 1.87. The van der Waals surface area contributed by atoms with E-state index in [1.54, 1.807) is 0 Å². The summed E-state index contributed by atoms with van der Waals surface area (Å²) in [5.74, 6) is 1.69. The van der Waals surface area contributed by atoms with Gasteiger partial charge in [-0.1, -0.05) is 43.2 Å². The third-order valence-electron chi connectivity index (χ3n) is 4.85. The Kier molecular flexibility index (Phi) is 5.22. The zero-order chi connectivity index (χ0) is 14.7. The highest BCUT2D eigenvalue weighted by Crippen LogP contribution is 2.24. The van der Waals surface area contributed by atoms with E-state index in [0.717, 1.165) is 24.8 Å². The van der Waals surface area contributed by atoms with Crippen LogP contribution in [0.4, 0.5) is 0 Å². The number of aryl methyl sites for hydroxylation is 2. The van der Waals surface area contributed by atoms with Crippen LogP contribution in [-0.2, 0) is 0 Å². The largest absolute Gasteiger partial charge is 0.324 e. The van der Waals surface area contributed by atoms with E-state index in [-0.39, 0.29) is 6.04 Å². The lowest BCUT2D eigenvalue weighted by Gasteiger charge is -2.35. The normalized spacial score (nSPS) is 25.6. The van der Waals surface area contributed by atoms with Gasteiger partial charge in [0.1, 0.15) is 0 Å². The molecule has 3 unspecified atom stereocenters. The molecule has 0 aromatic heterocycles. The Labute approximate surface area is 124 Å². The fraction of sp³-hybridized carbons (Fsp3) is 0.667. The predicted octanol–water partition coefficient (Wildman–Crippen LogP) is 3.67. The third-order valence-corrected chi connectivity index (χ3v) is 4.85. The van der Waals surface area contributed by atoms with Crippen LogP contribution in [0.15, 0.2) is 18.2 Å². The lowest BCUT2D eigenvalue weighted by molar-refractivity contribution is 0.135. The van der Waals surface area contributed by atoms with Crippen LogP contribution < -0.4 is 5.73 Å². The summed E-state index contributed by atoms with van der Waals surface area (Å²) in [6.07, 6.45) is 2.39. The van der Waals surface area contributed by atoms with E-state index in [2.05, 4.69) is 50.8 Å². The van der Waals surface area contributed by atoms with Crippen LogP contribution in [0, 0.1) is 25.7 Å². The number of likely N-dealkylation sites (tertiary alicyclic amines) is 1. The maximum Gasteiger partial charge on any atom is 0.0307 e. The first-order valence-electron chi connectivity index (χ1n) is 8.02. The molecule has 20 heavy (non-hydrogen) atoms. The molecular formula is C18H30N2. The second kappa shape index (κ2) is 6.73. The lowest BCUT2D eigenvalue weighted by Crippen LogP contribution is -2.39. The van der Waals surface area contributed by atoms with Crippen LogP contribution in [0.25, 0.3) is 0 Å². The highest BCUT2D eigenvalue weighted by molar-refractivity contribution is 5.30. The Morgan fingerprint density at radius 2 is 1.80 bits per heavy atom. The summed E-state index contributed by atoms with van der Waals surface area (Å²) >= 11 is 0. The van der Waals surface area contributed by atoms with Gasteiger partial charge < -0.3 is 10.6 Å². The van der Waals surface area contributed by atoms with Crippen molar-refractivity contribution in [1.82, 2.24) is 4.90 Å². The van der Waals surface area contributed by atoms with Crippen LogP contribution in [0.5, 0.6) is 0 Å². The molecule has 0 saturated carbocycles. The maximum absolute atomic E-state index is 6.39. The monoisotopic (exact) mass is 274 g/mol. The van der Waals surface area contributed by atoms with Crippen molar-refractivity contribution >= 4 is 0 Å². The van der Waals surface area contributed by atoms with E-state index in [1.165, 1.54) is 36.2 Å². The topological polar surface area (TPSA) is 29.3 Å². The fourth-order valence-corrected chi connectivity index (χ4v) is 3.26. The Morgan fingerprint density at radius 1 is 1.15 bits per heavy atom. The summed E-state index contributed by atoms with van der Waals surface area (Å²) in [6, 6.07) is 6.85. The molecule has 2 rings (SSSR count). The van der Waals surface area contributed by atoms with E-state index in [9.17, 15) is 0 Å². The molecule has 1 fully saturated rings. The van der Waals surface area contributed by atoms with Gasteiger partial charge in [-0.05, 0) is 57.2 Å². The van der Waals surface area contributed by atoms with Gasteiger partial charge in [-0.25, -0.2) is 0 Å². The molecule has 1 aliphatic rings. The minimum atomic E-state index is 0.170. The smallest absolute Gasteiger partial charge is 0.0307 e. The van der Waals surface area contributed by atoms with Crippen LogP contribution in [0.2, 0.25) is 0 Å². The molecule has 1 heterocycles. The zero-order valence-corrected chi connectivity index (χ0v) is 13.5. The molecule has 0 amide bonds. The van der Waals surface area contributed by atoms with Crippen molar-refractivity contribution in [2.45, 2.75) is 46.6 Å². The fourth-order valence-electron chi connectivity index (χ4n) is 3.26. The van der Waals surface area contributed by atoms with E-state index >= 15 is 0 Å². The molecule has 0 aliphatic carbocycles. The molecule has 1 saturated heterocycles. The molecule has 112 valence electrons. The Hall–Kier alpha value is -0.860. The van der Waals surface area contributed by atoms with Gasteiger partial charge in [-0.3, -0.25) is 0 Å². The Bertz CT molecular complexity index is 421. The van der Waals surface area contributed by atoms with Crippen LogP contribution >= 0.6 is 0 Å². The van der Waals surface area contributed by atoms with Gasteiger partial charge in [0.15, 0.2) is 0 Å². The first kappa shape index (κ1) is 15.5. The average Bonchev–Trinajstić information content (AvgIpc) is 2.38. The number of piperidine rings is 1. The number of hydrogen-bond acceptors (Lipinski definition) is 2. The number of rotatable bonds is 4. The van der Waals surface area contributed by atoms with Gasteiger partial charge in [0.05, 0.1) is 0 Å². The van der Waals surface area contributed by atoms with Crippen molar-refractivity contribution in [3.8, 4) is 0 Å². The molecule has 0 spiro atoms. The van der Waals surface area contributed by atoms with Crippen LogP contribution in [0.1, 0.15) is 49.4 Å². The summed E-state index contributed by atoms with van der Waals surface area (Å²) < 4.78 is 0. The van der Waals surface area contributed by atoms with Crippen molar-refractivity contribution in [2.24, 2.45) is 17.6 Å². The molecule has 2 nitrogen and oxygen atoms in total. The zero-order valence-electron chi connectivity index (χ0n) is 13.5. The minimum Gasteiger partial charge on any atom is -0.324 e. The quantitative estimate of drug-likeness (QED) is 0.907. The van der Waals surface area contributed by atoms with Gasteiger partial charge in [0, 0.05) is 12.6 Å². The van der Waals surface area contributed by atoms with E-state index in [4.69, 9.17) is 5.73 Å². The minimum absolute atomic E-state index is 0.170. The second-order valence-electron chi connectivity index (χ2n) is 6.86. The molecule has 1 aromatic rings. The molecule has 1 aliphatic heterocycles. The molecule has 0 bridgehead atoms. The number of nitrogens with zero attached hydrogens (tertiary/aromatic N) is 1. The van der Waals surface area contributed by atoms with Crippen molar-refractivity contribution in [2.75, 3.05) is 19.6 Å². The molecular weight excluding hydrogens is 244 g/mol. The summed E-state index contributed by atoms with van der Waals surface area (Å²) in [6.45, 7) is 12.7. The Morgan fingerprint density at radius 3 is 2.40 bits per heavy atom. The summed E-state index contributed by atoms with van der Waals surface area (Å²) in [4.78, 5) is 2.59. The average molecular weight is 274 g/mol. The van der Waals surface area contributed by atoms with Crippen LogP contribution in [0.3, 0.4) is 0 Å². The van der Waals surface area contributed by atoms with Gasteiger partial charge >= 0.3 is 0 Å².